The number of carbonyl (C=O) groups is 2. The molecule has 0 fully saturated rings. The van der Waals surface area contributed by atoms with Crippen molar-refractivity contribution in [3.05, 3.63) is 59.0 Å². The highest BCUT2D eigenvalue weighted by molar-refractivity contribution is 6.06. The van der Waals surface area contributed by atoms with Gasteiger partial charge in [0.25, 0.3) is 5.91 Å². The van der Waals surface area contributed by atoms with E-state index in [-0.39, 0.29) is 34.1 Å². The summed E-state index contributed by atoms with van der Waals surface area (Å²) in [6, 6.07) is 6.53. The normalized spacial score (nSPS) is 13.6. The van der Waals surface area contributed by atoms with Crippen LogP contribution in [0.3, 0.4) is 0 Å². The molecule has 1 heterocycles. The predicted molar refractivity (Wildman–Crippen MR) is 116 cm³/mol. The molecule has 0 spiro atoms. The summed E-state index contributed by atoms with van der Waals surface area (Å²) in [7, 11) is 0. The van der Waals surface area contributed by atoms with Gasteiger partial charge in [0.1, 0.15) is 5.75 Å². The Labute approximate surface area is 192 Å². The number of ether oxygens (including phenoxy) is 1. The Morgan fingerprint density at radius 1 is 1.09 bits per heavy atom. The Morgan fingerprint density at radius 3 is 2.24 bits per heavy atom. The fraction of sp³-hybridized carbons (Fsp3) is 0.333. The van der Waals surface area contributed by atoms with Crippen LogP contribution in [0.5, 0.6) is 11.5 Å². The molecule has 0 aliphatic heterocycles. The van der Waals surface area contributed by atoms with E-state index in [0.717, 1.165) is 34.9 Å². The molecule has 0 saturated heterocycles. The first kappa shape index (κ1) is 25.1. The monoisotopic (exact) mass is 481 g/mol. The maximum absolute atomic E-state index is 15.2. The van der Waals surface area contributed by atoms with Crippen molar-refractivity contribution in [1.82, 2.24) is 4.57 Å². The first-order valence-corrected chi connectivity index (χ1v) is 10.5. The van der Waals surface area contributed by atoms with Crippen LogP contribution >= 0.6 is 0 Å². The minimum Gasteiger partial charge on any atom is -0.505 e. The largest absolute Gasteiger partial charge is 0.573 e. The number of hydrogen-bond acceptors (Lipinski definition) is 4. The Bertz CT molecular complexity index is 1250. The number of carboxylic acid groups (broad SMARTS) is 1. The molecule has 182 valence electrons. The number of rotatable bonds is 7. The summed E-state index contributed by atoms with van der Waals surface area (Å²) in [6.45, 7) is 4.78. The second kappa shape index (κ2) is 9.00. The van der Waals surface area contributed by atoms with Gasteiger partial charge in [-0.3, -0.25) is 14.2 Å². The van der Waals surface area contributed by atoms with Crippen LogP contribution < -0.4 is 4.74 Å². The molecule has 0 unspecified atom stereocenters. The van der Waals surface area contributed by atoms with E-state index in [2.05, 4.69) is 4.74 Å². The number of carboxylic acids is 1. The van der Waals surface area contributed by atoms with Crippen molar-refractivity contribution in [3.63, 3.8) is 0 Å². The van der Waals surface area contributed by atoms with E-state index in [9.17, 15) is 33.0 Å². The Hall–Kier alpha value is -3.56. The zero-order chi connectivity index (χ0) is 25.4. The number of unbranched alkanes of at least 4 members (excludes halogenated alkanes) is 1. The van der Waals surface area contributed by atoms with Gasteiger partial charge in [0.05, 0.1) is 10.9 Å². The summed E-state index contributed by atoms with van der Waals surface area (Å²) in [4.78, 5) is 25.7. The van der Waals surface area contributed by atoms with Crippen LogP contribution in [0, 0.1) is 12.7 Å². The lowest BCUT2D eigenvalue weighted by Crippen LogP contribution is -2.33. The molecule has 6 nitrogen and oxygen atoms in total. The van der Waals surface area contributed by atoms with Crippen molar-refractivity contribution in [2.45, 2.75) is 51.8 Å². The second-order valence-corrected chi connectivity index (χ2v) is 8.21. The van der Waals surface area contributed by atoms with Crippen molar-refractivity contribution in [1.29, 1.82) is 0 Å². The number of phenols is 1. The number of carbonyl (C=O) groups excluding carboxylic acids is 1. The minimum atomic E-state index is -4.90. The van der Waals surface area contributed by atoms with Gasteiger partial charge in [-0.05, 0) is 56.7 Å². The highest BCUT2D eigenvalue weighted by Gasteiger charge is 2.41. The molecule has 0 bridgehead atoms. The number of aliphatic carboxylic acids is 1. The maximum atomic E-state index is 15.2. The highest BCUT2D eigenvalue weighted by atomic mass is 19.4. The van der Waals surface area contributed by atoms with Crippen molar-refractivity contribution < 1.29 is 42.1 Å². The molecule has 0 saturated carbocycles. The molecular weight excluding hydrogens is 458 g/mol. The molecule has 1 aromatic heterocycles. The maximum Gasteiger partial charge on any atom is 0.573 e. The Kier molecular flexibility index (Phi) is 6.64. The van der Waals surface area contributed by atoms with Gasteiger partial charge in [0.2, 0.25) is 0 Å². The smallest absolute Gasteiger partial charge is 0.505 e. The third-order valence-corrected chi connectivity index (χ3v) is 5.88. The van der Waals surface area contributed by atoms with Gasteiger partial charge in [0, 0.05) is 22.2 Å². The first-order valence-electron chi connectivity index (χ1n) is 10.5. The van der Waals surface area contributed by atoms with Crippen LogP contribution in [0.1, 0.15) is 54.7 Å². The van der Waals surface area contributed by atoms with Gasteiger partial charge in [-0.15, -0.1) is 13.2 Å². The quantitative estimate of drug-likeness (QED) is 0.410. The van der Waals surface area contributed by atoms with Crippen LogP contribution in [-0.2, 0) is 10.2 Å². The lowest BCUT2D eigenvalue weighted by molar-refractivity contribution is -0.274. The summed E-state index contributed by atoms with van der Waals surface area (Å²) < 4.78 is 57.4. The average molecular weight is 481 g/mol. The van der Waals surface area contributed by atoms with E-state index in [1.165, 1.54) is 19.9 Å². The van der Waals surface area contributed by atoms with Crippen LogP contribution in [0.2, 0.25) is 0 Å². The van der Waals surface area contributed by atoms with Gasteiger partial charge in [-0.1, -0.05) is 19.8 Å². The van der Waals surface area contributed by atoms with Gasteiger partial charge < -0.3 is 14.9 Å². The molecule has 2 N–H and O–H groups in total. The number of halogens is 4. The molecule has 0 radical (unpaired) electrons. The van der Waals surface area contributed by atoms with E-state index in [1.54, 1.807) is 0 Å². The zero-order valence-electron chi connectivity index (χ0n) is 18.7. The fourth-order valence-corrected chi connectivity index (χ4v) is 4.19. The zero-order valence-corrected chi connectivity index (χ0v) is 18.7. The number of aromatic nitrogens is 1. The van der Waals surface area contributed by atoms with Crippen LogP contribution in [-0.4, -0.2) is 33.0 Å². The third-order valence-electron chi connectivity index (χ3n) is 5.88. The van der Waals surface area contributed by atoms with Crippen LogP contribution in [0.4, 0.5) is 17.6 Å². The predicted octanol–water partition coefficient (Wildman–Crippen LogP) is 5.91. The van der Waals surface area contributed by atoms with E-state index < -0.39 is 41.0 Å². The number of aromatic hydroxyl groups is 1. The molecule has 10 heteroatoms. The number of hydrogen-bond donors (Lipinski definition) is 2. The lowest BCUT2D eigenvalue weighted by Gasteiger charge is -2.26. The van der Waals surface area contributed by atoms with E-state index >= 15 is 4.39 Å². The van der Waals surface area contributed by atoms with Crippen molar-refractivity contribution in [2.75, 3.05) is 0 Å². The van der Waals surface area contributed by atoms with E-state index in [4.69, 9.17) is 0 Å². The molecular formula is C24H23F4NO5. The first-order chi connectivity index (χ1) is 15.8. The topological polar surface area (TPSA) is 88.8 Å². The van der Waals surface area contributed by atoms with Crippen molar-refractivity contribution >= 4 is 22.8 Å². The van der Waals surface area contributed by atoms with Crippen molar-refractivity contribution in [3.8, 4) is 11.5 Å². The summed E-state index contributed by atoms with van der Waals surface area (Å²) in [5, 5.41) is 19.8. The number of nitrogens with zero attached hydrogens (tertiary/aromatic N) is 1. The molecule has 0 amide bonds. The molecule has 3 rings (SSSR count). The van der Waals surface area contributed by atoms with Gasteiger partial charge >= 0.3 is 12.3 Å². The summed E-state index contributed by atoms with van der Waals surface area (Å²) in [5.41, 5.74) is -1.35. The Morgan fingerprint density at radius 2 is 1.71 bits per heavy atom. The van der Waals surface area contributed by atoms with Gasteiger partial charge in [0.15, 0.2) is 11.6 Å². The number of fused-ring (bicyclic) bond motifs is 1. The summed E-state index contributed by atoms with van der Waals surface area (Å²) in [6.07, 6.45) is -3.54. The third kappa shape index (κ3) is 4.44. The van der Waals surface area contributed by atoms with E-state index in [1.807, 2.05) is 6.92 Å². The highest BCUT2D eigenvalue weighted by Crippen LogP contribution is 2.42. The summed E-state index contributed by atoms with van der Waals surface area (Å²) >= 11 is 0. The lowest BCUT2D eigenvalue weighted by atomic mass is 9.76. The second-order valence-electron chi connectivity index (χ2n) is 8.21. The average Bonchev–Trinajstić information content (AvgIpc) is 3.06. The number of phenolic OH excluding ortho intramolecular Hbond substituents is 1. The van der Waals surface area contributed by atoms with Gasteiger partial charge in [-0.2, -0.15) is 0 Å². The standard InChI is InChI=1S/C24H23F4NO5/c1-4-5-12-23(3,22(32)33)19-13(2)29(16-10-11-17(30)20(25)18(16)19)21(31)14-6-8-15(9-7-14)34-24(26,27)28/h6-11,30H,4-5,12H2,1-3H3,(H,32,33)/t23-/m1/s1. The van der Waals surface area contributed by atoms with Crippen LogP contribution in [0.15, 0.2) is 36.4 Å². The van der Waals surface area contributed by atoms with Crippen LogP contribution in [0.25, 0.3) is 10.9 Å². The fourth-order valence-electron chi connectivity index (χ4n) is 4.19. The molecule has 2 aromatic carbocycles. The number of benzene rings is 2. The minimum absolute atomic E-state index is 0.0276. The number of alkyl halides is 3. The van der Waals surface area contributed by atoms with E-state index in [0.29, 0.717) is 12.8 Å². The van der Waals surface area contributed by atoms with Crippen molar-refractivity contribution in [2.24, 2.45) is 0 Å². The summed E-state index contributed by atoms with van der Waals surface area (Å²) in [5.74, 6) is -4.20. The molecule has 0 aliphatic rings. The molecule has 0 aliphatic carbocycles. The molecule has 3 aromatic rings. The SMILES string of the molecule is CCCC[C@@](C)(C(=O)O)c1c(C)n(C(=O)c2ccc(OC(F)(F)F)cc2)c2ccc(O)c(F)c12. The van der Waals surface area contributed by atoms with Gasteiger partial charge in [-0.25, -0.2) is 4.39 Å². The molecule has 1 atom stereocenters. The Balaban J connectivity index is 2.23. The molecule has 34 heavy (non-hydrogen) atoms.